The monoisotopic (exact) mass is 289 g/mol. The van der Waals surface area contributed by atoms with E-state index in [-0.39, 0.29) is 0 Å². The molecule has 3 aromatic heterocycles. The van der Waals surface area contributed by atoms with Crippen molar-refractivity contribution in [2.24, 2.45) is 0 Å². The Kier molecular flexibility index (Phi) is 3.66. The quantitative estimate of drug-likeness (QED) is 0.721. The topological polar surface area (TPSA) is 55.3 Å². The maximum atomic E-state index is 5.55. The molecule has 0 fully saturated rings. The zero-order valence-corrected chi connectivity index (χ0v) is 12.2. The van der Waals surface area contributed by atoms with Crippen molar-refractivity contribution in [3.8, 4) is 11.4 Å². The average molecular weight is 289 g/mol. The minimum Gasteiger partial charge on any atom is -0.465 e. The van der Waals surface area contributed by atoms with Crippen LogP contribution in [0.4, 0.5) is 0 Å². The molecule has 20 heavy (non-hydrogen) atoms. The highest BCUT2D eigenvalue weighted by Crippen LogP contribution is 2.19. The minimum absolute atomic E-state index is 0.594. The number of thiophene rings is 1. The molecule has 0 bridgehead atoms. The number of hydrogen-bond acceptors (Lipinski definition) is 6. The molecular formula is C14H15N3O2S. The van der Waals surface area contributed by atoms with Crippen molar-refractivity contribution in [1.29, 1.82) is 0 Å². The second-order valence-corrected chi connectivity index (χ2v) is 5.49. The van der Waals surface area contributed by atoms with Crippen molar-refractivity contribution in [2.75, 3.05) is 7.05 Å². The van der Waals surface area contributed by atoms with Crippen molar-refractivity contribution in [3.63, 3.8) is 0 Å². The third-order valence-electron chi connectivity index (χ3n) is 2.87. The predicted molar refractivity (Wildman–Crippen MR) is 76.2 cm³/mol. The van der Waals surface area contributed by atoms with Crippen LogP contribution in [0.5, 0.6) is 0 Å². The van der Waals surface area contributed by atoms with Gasteiger partial charge in [-0.1, -0.05) is 5.16 Å². The lowest BCUT2D eigenvalue weighted by molar-refractivity contribution is 0.243. The van der Waals surface area contributed by atoms with Gasteiger partial charge in [-0.2, -0.15) is 16.3 Å². The molecule has 3 rings (SSSR count). The maximum Gasteiger partial charge on any atom is 0.241 e. The molecule has 0 aliphatic carbocycles. The summed E-state index contributed by atoms with van der Waals surface area (Å²) >= 11 is 1.62. The van der Waals surface area contributed by atoms with Crippen LogP contribution in [0.1, 0.15) is 17.4 Å². The fraction of sp³-hybridized carbons (Fsp3) is 0.286. The summed E-state index contributed by atoms with van der Waals surface area (Å²) in [6, 6.07) is 5.93. The summed E-state index contributed by atoms with van der Waals surface area (Å²) in [7, 11) is 1.99. The molecule has 0 N–H and O–H groups in total. The van der Waals surface area contributed by atoms with Gasteiger partial charge in [-0.3, -0.25) is 4.90 Å². The van der Waals surface area contributed by atoms with Crippen molar-refractivity contribution in [3.05, 3.63) is 46.4 Å². The molecule has 3 heterocycles. The third kappa shape index (κ3) is 2.97. The fourth-order valence-corrected chi connectivity index (χ4v) is 2.59. The number of furan rings is 1. The van der Waals surface area contributed by atoms with Crippen LogP contribution in [0, 0.1) is 6.92 Å². The number of nitrogens with zero attached hydrogens (tertiary/aromatic N) is 3. The summed E-state index contributed by atoms with van der Waals surface area (Å²) in [5.41, 5.74) is 0.995. The Morgan fingerprint density at radius 3 is 2.85 bits per heavy atom. The van der Waals surface area contributed by atoms with Gasteiger partial charge < -0.3 is 8.94 Å². The first-order chi connectivity index (χ1) is 9.70. The van der Waals surface area contributed by atoms with Gasteiger partial charge in [0.2, 0.25) is 11.7 Å². The lowest BCUT2D eigenvalue weighted by Crippen LogP contribution is -2.17. The minimum atomic E-state index is 0.594. The Labute approximate surface area is 120 Å². The summed E-state index contributed by atoms with van der Waals surface area (Å²) in [5, 5.41) is 7.99. The van der Waals surface area contributed by atoms with E-state index in [9.17, 15) is 0 Å². The number of rotatable bonds is 5. The Morgan fingerprint density at radius 2 is 2.15 bits per heavy atom. The highest BCUT2D eigenvalue weighted by atomic mass is 32.1. The van der Waals surface area contributed by atoms with Gasteiger partial charge in [0.1, 0.15) is 11.5 Å². The molecule has 0 atom stereocenters. The van der Waals surface area contributed by atoms with Gasteiger partial charge in [0, 0.05) is 10.9 Å². The Morgan fingerprint density at radius 1 is 1.25 bits per heavy atom. The standard InChI is InChI=1S/C14H15N3O2S/c1-10-3-4-12(18-10)7-17(2)8-13-15-14(16-19-13)11-5-6-20-9-11/h3-6,9H,7-8H2,1-2H3. The number of aryl methyl sites for hydroxylation is 1. The highest BCUT2D eigenvalue weighted by Gasteiger charge is 2.12. The zero-order chi connectivity index (χ0) is 13.9. The van der Waals surface area contributed by atoms with E-state index in [0.29, 0.717) is 24.8 Å². The van der Waals surface area contributed by atoms with Crippen molar-refractivity contribution >= 4 is 11.3 Å². The van der Waals surface area contributed by atoms with E-state index in [1.807, 2.05) is 42.9 Å². The molecule has 0 spiro atoms. The van der Waals surface area contributed by atoms with E-state index in [4.69, 9.17) is 8.94 Å². The molecule has 3 aromatic rings. The van der Waals surface area contributed by atoms with Gasteiger partial charge in [0.25, 0.3) is 0 Å². The second kappa shape index (κ2) is 5.60. The number of hydrogen-bond donors (Lipinski definition) is 0. The van der Waals surface area contributed by atoms with Crippen molar-refractivity contribution in [2.45, 2.75) is 20.0 Å². The summed E-state index contributed by atoms with van der Waals surface area (Å²) in [6.45, 7) is 3.25. The highest BCUT2D eigenvalue weighted by molar-refractivity contribution is 7.08. The first-order valence-electron chi connectivity index (χ1n) is 6.30. The van der Waals surface area contributed by atoms with E-state index in [0.717, 1.165) is 17.1 Å². The fourth-order valence-electron chi connectivity index (χ4n) is 1.95. The molecule has 0 aromatic carbocycles. The van der Waals surface area contributed by atoms with Crippen LogP contribution in [-0.4, -0.2) is 22.1 Å². The lowest BCUT2D eigenvalue weighted by atomic mass is 10.3. The van der Waals surface area contributed by atoms with Crippen molar-refractivity contribution < 1.29 is 8.94 Å². The molecule has 0 aliphatic heterocycles. The maximum absolute atomic E-state index is 5.55. The first kappa shape index (κ1) is 13.1. The van der Waals surface area contributed by atoms with Gasteiger partial charge in [0.05, 0.1) is 13.1 Å². The molecular weight excluding hydrogens is 274 g/mol. The van der Waals surface area contributed by atoms with Crippen LogP contribution in [-0.2, 0) is 13.1 Å². The molecule has 0 saturated carbocycles. The summed E-state index contributed by atoms with van der Waals surface area (Å²) < 4.78 is 10.8. The van der Waals surface area contributed by atoms with Crippen LogP contribution in [0.25, 0.3) is 11.4 Å². The Bertz CT molecular complexity index is 672. The van der Waals surface area contributed by atoms with Gasteiger partial charge >= 0.3 is 0 Å². The summed E-state index contributed by atoms with van der Waals surface area (Å²) in [5.74, 6) is 3.11. The number of aromatic nitrogens is 2. The van der Waals surface area contributed by atoms with E-state index >= 15 is 0 Å². The molecule has 104 valence electrons. The Hall–Kier alpha value is -1.92. The third-order valence-corrected chi connectivity index (χ3v) is 3.56. The molecule has 0 unspecified atom stereocenters. The first-order valence-corrected chi connectivity index (χ1v) is 7.24. The van der Waals surface area contributed by atoms with Crippen LogP contribution in [0.3, 0.4) is 0 Å². The molecule has 0 saturated heterocycles. The van der Waals surface area contributed by atoms with Crippen LogP contribution < -0.4 is 0 Å². The van der Waals surface area contributed by atoms with Gasteiger partial charge in [0.15, 0.2) is 0 Å². The van der Waals surface area contributed by atoms with Crippen LogP contribution in [0.15, 0.2) is 37.9 Å². The normalized spacial score (nSPS) is 11.3. The van der Waals surface area contributed by atoms with Crippen LogP contribution >= 0.6 is 11.3 Å². The van der Waals surface area contributed by atoms with Crippen molar-refractivity contribution in [1.82, 2.24) is 15.0 Å². The van der Waals surface area contributed by atoms with Gasteiger partial charge in [-0.05, 0) is 37.6 Å². The van der Waals surface area contributed by atoms with E-state index in [1.165, 1.54) is 0 Å². The predicted octanol–water partition coefficient (Wildman–Crippen LogP) is 3.33. The summed E-state index contributed by atoms with van der Waals surface area (Å²) in [6.07, 6.45) is 0. The molecule has 0 radical (unpaired) electrons. The lowest BCUT2D eigenvalue weighted by Gasteiger charge is -2.11. The smallest absolute Gasteiger partial charge is 0.241 e. The molecule has 0 aliphatic rings. The average Bonchev–Trinajstić information content (AvgIpc) is 3.10. The zero-order valence-electron chi connectivity index (χ0n) is 11.4. The van der Waals surface area contributed by atoms with Gasteiger partial charge in [-0.15, -0.1) is 0 Å². The van der Waals surface area contributed by atoms with E-state index in [2.05, 4.69) is 15.0 Å². The second-order valence-electron chi connectivity index (χ2n) is 4.71. The molecule has 6 heteroatoms. The van der Waals surface area contributed by atoms with E-state index < -0.39 is 0 Å². The molecule has 0 amide bonds. The largest absolute Gasteiger partial charge is 0.465 e. The SMILES string of the molecule is Cc1ccc(CN(C)Cc2nc(-c3ccsc3)no2)o1. The van der Waals surface area contributed by atoms with Crippen LogP contribution in [0.2, 0.25) is 0 Å². The summed E-state index contributed by atoms with van der Waals surface area (Å²) in [4.78, 5) is 6.47. The molecule has 5 nitrogen and oxygen atoms in total. The Balaban J connectivity index is 1.63. The van der Waals surface area contributed by atoms with E-state index in [1.54, 1.807) is 11.3 Å². The van der Waals surface area contributed by atoms with Gasteiger partial charge in [-0.25, -0.2) is 0 Å².